The zero-order chi connectivity index (χ0) is 16.9. The second-order valence-corrected chi connectivity index (χ2v) is 7.04. The predicted molar refractivity (Wildman–Crippen MR) is 76.9 cm³/mol. The van der Waals surface area contributed by atoms with Crippen molar-refractivity contribution < 1.29 is 26.8 Å². The van der Waals surface area contributed by atoms with Crippen LogP contribution in [-0.4, -0.2) is 38.3 Å². The molecule has 0 fully saturated rings. The molecule has 22 heavy (non-hydrogen) atoms. The lowest BCUT2D eigenvalue weighted by atomic mass is 10.2. The van der Waals surface area contributed by atoms with Crippen LogP contribution in [0.1, 0.15) is 13.3 Å². The molecule has 122 valence electrons. The van der Waals surface area contributed by atoms with Crippen molar-refractivity contribution in [3.63, 3.8) is 0 Å². The minimum Gasteiger partial charge on any atom is -0.345 e. The van der Waals surface area contributed by atoms with Crippen LogP contribution in [0.3, 0.4) is 0 Å². The van der Waals surface area contributed by atoms with Gasteiger partial charge < -0.3 is 10.6 Å². The number of nitrogens with one attached hydrogen (secondary N) is 2. The van der Waals surface area contributed by atoms with Crippen molar-refractivity contribution in [2.24, 2.45) is 0 Å². The zero-order valence-electron chi connectivity index (χ0n) is 12.0. The van der Waals surface area contributed by atoms with Crippen LogP contribution < -0.4 is 10.6 Å². The van der Waals surface area contributed by atoms with Crippen LogP contribution in [-0.2, 0) is 19.4 Å². The third kappa shape index (κ3) is 6.17. The molecule has 0 aliphatic rings. The molecule has 0 saturated heterocycles. The Labute approximate surface area is 126 Å². The third-order valence-corrected chi connectivity index (χ3v) is 3.64. The fourth-order valence-corrected chi connectivity index (χ4v) is 2.32. The van der Waals surface area contributed by atoms with Gasteiger partial charge in [0.1, 0.15) is 27.5 Å². The van der Waals surface area contributed by atoms with E-state index in [9.17, 15) is 26.8 Å². The van der Waals surface area contributed by atoms with Crippen LogP contribution in [0.25, 0.3) is 0 Å². The number of carbonyl (C=O) groups excluding carboxylic acids is 2. The van der Waals surface area contributed by atoms with E-state index in [4.69, 9.17) is 0 Å². The van der Waals surface area contributed by atoms with E-state index in [1.165, 1.54) is 6.92 Å². The quantitative estimate of drug-likeness (QED) is 0.806. The number of carbonyl (C=O) groups is 2. The van der Waals surface area contributed by atoms with Gasteiger partial charge in [-0.15, -0.1) is 0 Å². The van der Waals surface area contributed by atoms with Crippen LogP contribution in [0, 0.1) is 11.6 Å². The van der Waals surface area contributed by atoms with Crippen LogP contribution in [0.2, 0.25) is 0 Å². The van der Waals surface area contributed by atoms with Gasteiger partial charge in [0.25, 0.3) is 0 Å². The molecule has 0 aliphatic heterocycles. The average molecular weight is 334 g/mol. The number of sulfone groups is 1. The molecule has 1 rings (SSSR count). The van der Waals surface area contributed by atoms with E-state index in [2.05, 4.69) is 10.6 Å². The first-order chi connectivity index (χ1) is 10.1. The summed E-state index contributed by atoms with van der Waals surface area (Å²) in [7, 11) is -3.33. The molecule has 6 nitrogen and oxygen atoms in total. The van der Waals surface area contributed by atoms with Gasteiger partial charge in [0.2, 0.25) is 11.8 Å². The van der Waals surface area contributed by atoms with Crippen molar-refractivity contribution >= 4 is 27.3 Å². The highest BCUT2D eigenvalue weighted by molar-refractivity contribution is 7.90. The highest BCUT2D eigenvalue weighted by atomic mass is 32.2. The summed E-state index contributed by atoms with van der Waals surface area (Å²) in [6.07, 6.45) is 0.836. The van der Waals surface area contributed by atoms with E-state index in [0.717, 1.165) is 18.4 Å². The number of anilines is 1. The van der Waals surface area contributed by atoms with Gasteiger partial charge >= 0.3 is 0 Å². The van der Waals surface area contributed by atoms with E-state index in [-0.39, 0.29) is 17.9 Å². The molecule has 0 aliphatic carbocycles. The first kappa shape index (κ1) is 18.0. The van der Waals surface area contributed by atoms with Crippen LogP contribution in [0.4, 0.5) is 14.5 Å². The second-order valence-electron chi connectivity index (χ2n) is 4.79. The predicted octanol–water partition coefficient (Wildman–Crippen LogP) is 0.843. The summed E-state index contributed by atoms with van der Waals surface area (Å²) in [5.74, 6) is -3.42. The summed E-state index contributed by atoms with van der Waals surface area (Å²) in [5, 5.41) is 4.48. The Hall–Kier alpha value is -2.03. The fraction of sp³-hybridized carbons (Fsp3) is 0.385. The molecule has 0 bridgehead atoms. The Bertz CT molecular complexity index is 677. The Morgan fingerprint density at radius 3 is 2.41 bits per heavy atom. The first-order valence-electron chi connectivity index (χ1n) is 6.29. The molecular weight excluding hydrogens is 318 g/mol. The first-order valence-corrected chi connectivity index (χ1v) is 8.35. The molecule has 2 N–H and O–H groups in total. The standard InChI is InChI=1S/C13H16F2N2O4S/c1-8(18)16-12(5-6-22(2,20)21)13(19)17-11-4-3-9(14)7-10(11)15/h3-4,7,12H,5-6H2,1-2H3,(H,16,18)(H,17,19)/t12-/m1/s1. The van der Waals surface area contributed by atoms with Crippen LogP contribution >= 0.6 is 0 Å². The number of hydrogen-bond donors (Lipinski definition) is 2. The van der Waals surface area contributed by atoms with Crippen LogP contribution in [0.5, 0.6) is 0 Å². The molecule has 0 saturated carbocycles. The van der Waals surface area contributed by atoms with E-state index in [1.54, 1.807) is 0 Å². The number of hydrogen-bond acceptors (Lipinski definition) is 4. The molecule has 1 atom stereocenters. The van der Waals surface area contributed by atoms with Crippen LogP contribution in [0.15, 0.2) is 18.2 Å². The summed E-state index contributed by atoms with van der Waals surface area (Å²) in [6, 6.07) is 1.45. The van der Waals surface area contributed by atoms with Gasteiger partial charge in [-0.3, -0.25) is 9.59 Å². The van der Waals surface area contributed by atoms with E-state index < -0.39 is 39.3 Å². The normalized spacial score (nSPS) is 12.5. The SMILES string of the molecule is CC(=O)N[C@H](CCS(C)(=O)=O)C(=O)Nc1ccc(F)cc1F. The maximum Gasteiger partial charge on any atom is 0.247 e. The maximum atomic E-state index is 13.5. The largest absolute Gasteiger partial charge is 0.345 e. The van der Waals surface area contributed by atoms with Gasteiger partial charge in [-0.05, 0) is 18.6 Å². The molecule has 0 radical (unpaired) electrons. The number of amides is 2. The second kappa shape index (κ2) is 7.30. The smallest absolute Gasteiger partial charge is 0.247 e. The zero-order valence-corrected chi connectivity index (χ0v) is 12.8. The van der Waals surface area contributed by atoms with E-state index >= 15 is 0 Å². The Kier molecular flexibility index (Phi) is 5.98. The molecule has 9 heteroatoms. The summed E-state index contributed by atoms with van der Waals surface area (Å²) >= 11 is 0. The molecule has 1 aromatic carbocycles. The number of benzene rings is 1. The van der Waals surface area contributed by atoms with Crippen molar-refractivity contribution in [2.75, 3.05) is 17.3 Å². The van der Waals surface area contributed by atoms with Gasteiger partial charge in [0.15, 0.2) is 0 Å². The highest BCUT2D eigenvalue weighted by Crippen LogP contribution is 2.15. The van der Waals surface area contributed by atoms with Crippen molar-refractivity contribution in [1.29, 1.82) is 0 Å². The topological polar surface area (TPSA) is 92.3 Å². The van der Waals surface area contributed by atoms with E-state index in [0.29, 0.717) is 6.07 Å². The van der Waals surface area contributed by atoms with Gasteiger partial charge in [-0.25, -0.2) is 17.2 Å². The minimum absolute atomic E-state index is 0.160. The molecule has 0 spiro atoms. The number of halogens is 2. The summed E-state index contributed by atoms with van der Waals surface area (Å²) in [5.41, 5.74) is -0.263. The molecule has 0 unspecified atom stereocenters. The summed E-state index contributed by atoms with van der Waals surface area (Å²) in [4.78, 5) is 23.1. The highest BCUT2D eigenvalue weighted by Gasteiger charge is 2.22. The van der Waals surface area contributed by atoms with Crippen molar-refractivity contribution in [3.8, 4) is 0 Å². The average Bonchev–Trinajstić information content (AvgIpc) is 2.36. The van der Waals surface area contributed by atoms with Gasteiger partial charge in [-0.1, -0.05) is 0 Å². The fourth-order valence-electron chi connectivity index (χ4n) is 1.66. The van der Waals surface area contributed by atoms with Gasteiger partial charge in [-0.2, -0.15) is 0 Å². The lowest BCUT2D eigenvalue weighted by Gasteiger charge is -2.17. The Morgan fingerprint density at radius 2 is 1.91 bits per heavy atom. The van der Waals surface area contributed by atoms with Crippen molar-refractivity contribution in [2.45, 2.75) is 19.4 Å². The summed E-state index contributed by atoms with van der Waals surface area (Å²) < 4.78 is 48.6. The monoisotopic (exact) mass is 334 g/mol. The van der Waals surface area contributed by atoms with Crippen molar-refractivity contribution in [1.82, 2.24) is 5.32 Å². The Morgan fingerprint density at radius 1 is 1.27 bits per heavy atom. The molecule has 2 amide bonds. The maximum absolute atomic E-state index is 13.5. The lowest BCUT2D eigenvalue weighted by Crippen LogP contribution is -2.44. The molecule has 1 aromatic rings. The van der Waals surface area contributed by atoms with Crippen molar-refractivity contribution in [3.05, 3.63) is 29.8 Å². The third-order valence-electron chi connectivity index (χ3n) is 2.66. The van der Waals surface area contributed by atoms with E-state index in [1.807, 2.05) is 0 Å². The van der Waals surface area contributed by atoms with Gasteiger partial charge in [0, 0.05) is 19.2 Å². The molecule has 0 aromatic heterocycles. The lowest BCUT2D eigenvalue weighted by molar-refractivity contribution is -0.125. The Balaban J connectivity index is 2.84. The molecule has 0 heterocycles. The minimum atomic E-state index is -3.33. The summed E-state index contributed by atoms with van der Waals surface area (Å²) in [6.45, 7) is 1.17. The van der Waals surface area contributed by atoms with Gasteiger partial charge in [0.05, 0.1) is 11.4 Å². The number of rotatable bonds is 6. The molecular formula is C13H16F2N2O4S.